The highest BCUT2D eigenvalue weighted by molar-refractivity contribution is 6.31. The highest BCUT2D eigenvalue weighted by atomic mass is 35.5. The summed E-state index contributed by atoms with van der Waals surface area (Å²) in [5, 5.41) is 11.2. The number of aliphatic hydroxyl groups excluding tert-OH is 1. The minimum Gasteiger partial charge on any atom is -0.497 e. The molecule has 0 amide bonds. The van der Waals surface area contributed by atoms with Gasteiger partial charge < -0.3 is 9.84 Å². The second kappa shape index (κ2) is 5.64. The number of methoxy groups -OCH3 is 1. The lowest BCUT2D eigenvalue weighted by Crippen LogP contribution is -2.02. The molecule has 100 valence electrons. The molecule has 0 bridgehead atoms. The van der Waals surface area contributed by atoms with Crippen molar-refractivity contribution in [1.82, 2.24) is 0 Å². The number of benzene rings is 2. The summed E-state index contributed by atoms with van der Waals surface area (Å²) in [4.78, 5) is 0. The van der Waals surface area contributed by atoms with Gasteiger partial charge in [0.05, 0.1) is 7.11 Å². The van der Waals surface area contributed by atoms with Crippen LogP contribution in [0.15, 0.2) is 36.4 Å². The summed E-state index contributed by atoms with van der Waals surface area (Å²) in [6, 6.07) is 11.2. The molecule has 3 heteroatoms. The molecule has 0 saturated carbocycles. The number of rotatable bonds is 3. The van der Waals surface area contributed by atoms with Gasteiger partial charge in [0.2, 0.25) is 0 Å². The quantitative estimate of drug-likeness (QED) is 0.916. The Morgan fingerprint density at radius 3 is 2.37 bits per heavy atom. The van der Waals surface area contributed by atoms with Crippen molar-refractivity contribution in [2.45, 2.75) is 20.0 Å². The van der Waals surface area contributed by atoms with Crippen molar-refractivity contribution in [3.8, 4) is 5.75 Å². The van der Waals surface area contributed by atoms with Crippen molar-refractivity contribution < 1.29 is 9.84 Å². The average Bonchev–Trinajstić information content (AvgIpc) is 2.41. The van der Waals surface area contributed by atoms with Crippen molar-refractivity contribution in [3.05, 3.63) is 63.7 Å². The van der Waals surface area contributed by atoms with E-state index < -0.39 is 6.10 Å². The van der Waals surface area contributed by atoms with Crippen molar-refractivity contribution in [1.29, 1.82) is 0 Å². The first kappa shape index (κ1) is 13.9. The summed E-state index contributed by atoms with van der Waals surface area (Å²) in [6.45, 7) is 3.89. The van der Waals surface area contributed by atoms with Gasteiger partial charge in [-0.05, 0) is 54.3 Å². The van der Waals surface area contributed by atoms with Gasteiger partial charge in [-0.25, -0.2) is 0 Å². The second-order valence-electron chi connectivity index (χ2n) is 4.63. The SMILES string of the molecule is COc1ccc(C(O)c2ccc(Cl)c(C)c2)c(C)c1. The molecule has 0 aliphatic rings. The van der Waals surface area contributed by atoms with Gasteiger partial charge in [0, 0.05) is 5.02 Å². The first-order chi connectivity index (χ1) is 9.02. The summed E-state index contributed by atoms with van der Waals surface area (Å²) >= 11 is 6.00. The Kier molecular flexibility index (Phi) is 4.13. The summed E-state index contributed by atoms with van der Waals surface area (Å²) in [7, 11) is 1.63. The molecule has 1 N–H and O–H groups in total. The molecular weight excluding hydrogens is 260 g/mol. The van der Waals surface area contributed by atoms with Crippen LogP contribution in [0.5, 0.6) is 5.75 Å². The number of hydrogen-bond donors (Lipinski definition) is 1. The summed E-state index contributed by atoms with van der Waals surface area (Å²) in [6.07, 6.45) is -0.651. The first-order valence-electron chi connectivity index (χ1n) is 6.11. The maximum atomic E-state index is 10.5. The van der Waals surface area contributed by atoms with Gasteiger partial charge in [-0.2, -0.15) is 0 Å². The van der Waals surface area contributed by atoms with Crippen LogP contribution < -0.4 is 4.74 Å². The molecule has 0 spiro atoms. The van der Waals surface area contributed by atoms with Crippen LogP contribution in [-0.2, 0) is 0 Å². The topological polar surface area (TPSA) is 29.5 Å². The standard InChI is InChI=1S/C16H17ClO2/c1-10-9-13(19-3)5-6-14(10)16(18)12-4-7-15(17)11(2)8-12/h4-9,16,18H,1-3H3. The minimum atomic E-state index is -0.651. The predicted molar refractivity (Wildman–Crippen MR) is 78.0 cm³/mol. The Balaban J connectivity index is 2.38. The van der Waals surface area contributed by atoms with E-state index in [1.54, 1.807) is 7.11 Å². The van der Waals surface area contributed by atoms with E-state index in [9.17, 15) is 5.11 Å². The van der Waals surface area contributed by atoms with Crippen LogP contribution in [-0.4, -0.2) is 12.2 Å². The molecule has 2 nitrogen and oxygen atoms in total. The van der Waals surface area contributed by atoms with E-state index in [4.69, 9.17) is 16.3 Å². The molecule has 2 aromatic carbocycles. The molecule has 0 fully saturated rings. The summed E-state index contributed by atoms with van der Waals surface area (Å²) in [5.74, 6) is 0.792. The van der Waals surface area contributed by atoms with E-state index in [0.29, 0.717) is 5.02 Å². The Hall–Kier alpha value is -1.51. The fraction of sp³-hybridized carbons (Fsp3) is 0.250. The van der Waals surface area contributed by atoms with Gasteiger partial charge in [0.25, 0.3) is 0 Å². The summed E-state index contributed by atoms with van der Waals surface area (Å²) < 4.78 is 5.17. The van der Waals surface area contributed by atoms with Crippen molar-refractivity contribution in [2.75, 3.05) is 7.11 Å². The van der Waals surface area contributed by atoms with Crippen molar-refractivity contribution in [3.63, 3.8) is 0 Å². The Bertz CT molecular complexity index is 593. The van der Waals surface area contributed by atoms with Crippen molar-refractivity contribution >= 4 is 11.6 Å². The molecule has 0 aromatic heterocycles. The van der Waals surface area contributed by atoms with E-state index >= 15 is 0 Å². The smallest absolute Gasteiger partial charge is 0.119 e. The van der Waals surface area contributed by atoms with Crippen molar-refractivity contribution in [2.24, 2.45) is 0 Å². The zero-order valence-corrected chi connectivity index (χ0v) is 12.0. The van der Waals surface area contributed by atoms with Gasteiger partial charge in [-0.3, -0.25) is 0 Å². The molecule has 1 unspecified atom stereocenters. The molecule has 0 saturated heterocycles. The highest BCUT2D eigenvalue weighted by Gasteiger charge is 2.14. The first-order valence-corrected chi connectivity index (χ1v) is 6.49. The van der Waals surface area contributed by atoms with E-state index in [2.05, 4.69) is 0 Å². The number of halogens is 1. The van der Waals surface area contributed by atoms with Gasteiger partial charge in [-0.15, -0.1) is 0 Å². The lowest BCUT2D eigenvalue weighted by atomic mass is 9.96. The second-order valence-corrected chi connectivity index (χ2v) is 5.04. The van der Waals surface area contributed by atoms with Crippen LogP contribution in [0.25, 0.3) is 0 Å². The van der Waals surface area contributed by atoms with Crippen LogP contribution in [0, 0.1) is 13.8 Å². The average molecular weight is 277 g/mol. The number of aryl methyl sites for hydroxylation is 2. The molecule has 2 aromatic rings. The van der Waals surface area contributed by atoms with Gasteiger partial charge >= 0.3 is 0 Å². The van der Waals surface area contributed by atoms with Gasteiger partial charge in [0.15, 0.2) is 0 Å². The fourth-order valence-corrected chi connectivity index (χ4v) is 2.22. The van der Waals surface area contributed by atoms with Gasteiger partial charge in [-0.1, -0.05) is 29.8 Å². The maximum absolute atomic E-state index is 10.5. The number of hydrogen-bond acceptors (Lipinski definition) is 2. The van der Waals surface area contributed by atoms with E-state index in [1.807, 2.05) is 50.2 Å². The number of aliphatic hydroxyl groups is 1. The van der Waals surface area contributed by atoms with Crippen LogP contribution in [0.2, 0.25) is 5.02 Å². The Morgan fingerprint density at radius 1 is 1.05 bits per heavy atom. The zero-order chi connectivity index (χ0) is 14.0. The van der Waals surface area contributed by atoms with Crippen LogP contribution in [0.4, 0.5) is 0 Å². The normalized spacial score (nSPS) is 12.3. The third kappa shape index (κ3) is 2.91. The lowest BCUT2D eigenvalue weighted by Gasteiger charge is -2.16. The zero-order valence-electron chi connectivity index (χ0n) is 11.3. The van der Waals surface area contributed by atoms with E-state index in [-0.39, 0.29) is 0 Å². The Morgan fingerprint density at radius 2 is 1.79 bits per heavy atom. The van der Waals surface area contributed by atoms with Crippen LogP contribution >= 0.6 is 11.6 Å². The summed E-state index contributed by atoms with van der Waals surface area (Å²) in [5.41, 5.74) is 3.68. The predicted octanol–water partition coefficient (Wildman–Crippen LogP) is 4.05. The molecule has 2 rings (SSSR count). The van der Waals surface area contributed by atoms with Crippen LogP contribution in [0.3, 0.4) is 0 Å². The van der Waals surface area contributed by atoms with E-state index in [0.717, 1.165) is 28.0 Å². The molecule has 0 radical (unpaired) electrons. The third-order valence-electron chi connectivity index (χ3n) is 3.27. The molecule has 0 heterocycles. The highest BCUT2D eigenvalue weighted by Crippen LogP contribution is 2.29. The molecule has 0 aliphatic heterocycles. The molecule has 0 aliphatic carbocycles. The van der Waals surface area contributed by atoms with Crippen LogP contribution in [0.1, 0.15) is 28.4 Å². The molecule has 19 heavy (non-hydrogen) atoms. The largest absolute Gasteiger partial charge is 0.497 e. The van der Waals surface area contributed by atoms with E-state index in [1.165, 1.54) is 0 Å². The monoisotopic (exact) mass is 276 g/mol. The fourth-order valence-electron chi connectivity index (χ4n) is 2.10. The molecule has 1 atom stereocenters. The lowest BCUT2D eigenvalue weighted by molar-refractivity contribution is 0.219. The van der Waals surface area contributed by atoms with Gasteiger partial charge in [0.1, 0.15) is 11.9 Å². The number of ether oxygens (including phenoxy) is 1. The maximum Gasteiger partial charge on any atom is 0.119 e. The molecular formula is C16H17ClO2. The third-order valence-corrected chi connectivity index (χ3v) is 3.69. The Labute approximate surface area is 118 Å². The minimum absolute atomic E-state index is 0.651.